The highest BCUT2D eigenvalue weighted by molar-refractivity contribution is 6.30. The van der Waals surface area contributed by atoms with Crippen molar-refractivity contribution in [2.24, 2.45) is 0 Å². The first-order valence-electron chi connectivity index (χ1n) is 11.4. The van der Waals surface area contributed by atoms with E-state index in [9.17, 15) is 9.59 Å². The van der Waals surface area contributed by atoms with Gasteiger partial charge in [-0.05, 0) is 66.9 Å². The molecule has 0 unspecified atom stereocenters. The van der Waals surface area contributed by atoms with Gasteiger partial charge in [0.1, 0.15) is 5.82 Å². The van der Waals surface area contributed by atoms with Crippen LogP contribution in [0.15, 0.2) is 71.5 Å². The highest BCUT2D eigenvalue weighted by atomic mass is 35.5. The Morgan fingerprint density at radius 2 is 1.74 bits per heavy atom. The van der Waals surface area contributed by atoms with Gasteiger partial charge in [-0.1, -0.05) is 41.9 Å². The zero-order valence-electron chi connectivity index (χ0n) is 19.5. The Labute approximate surface area is 207 Å². The molecule has 0 saturated carbocycles. The standard InChI is InChI=1S/C27H24ClN5O2/c1-17-7-12-21(15-18(17)2)29-25(34)14-13-24-30-31-27-32(16-19-8-10-20(28)11-9-19)26(35)22-5-3-4-6-23(22)33(24)27/h3-12,15H,13-14,16H2,1-2H3,(H,29,34). The lowest BCUT2D eigenvalue weighted by Crippen LogP contribution is -2.24. The molecule has 0 spiro atoms. The number of halogens is 1. The number of nitrogens with one attached hydrogen (secondary N) is 1. The van der Waals surface area contributed by atoms with E-state index < -0.39 is 0 Å². The number of aryl methyl sites for hydroxylation is 3. The summed E-state index contributed by atoms with van der Waals surface area (Å²) in [6.07, 6.45) is 0.610. The number of rotatable bonds is 6. The summed E-state index contributed by atoms with van der Waals surface area (Å²) in [6.45, 7) is 4.38. The van der Waals surface area contributed by atoms with E-state index in [4.69, 9.17) is 11.6 Å². The molecule has 0 aliphatic heterocycles. The van der Waals surface area contributed by atoms with E-state index >= 15 is 0 Å². The quantitative estimate of drug-likeness (QED) is 0.369. The summed E-state index contributed by atoms with van der Waals surface area (Å²) in [5, 5.41) is 12.9. The average Bonchev–Trinajstić information content (AvgIpc) is 3.28. The number of anilines is 1. The summed E-state index contributed by atoms with van der Waals surface area (Å²) < 4.78 is 3.48. The molecule has 0 aliphatic carbocycles. The van der Waals surface area contributed by atoms with Crippen molar-refractivity contribution in [2.45, 2.75) is 33.2 Å². The van der Waals surface area contributed by atoms with Crippen molar-refractivity contribution in [3.8, 4) is 0 Å². The molecule has 2 heterocycles. The molecule has 0 bridgehead atoms. The molecular weight excluding hydrogens is 462 g/mol. The Morgan fingerprint density at radius 1 is 0.971 bits per heavy atom. The van der Waals surface area contributed by atoms with Crippen LogP contribution in [-0.4, -0.2) is 25.1 Å². The van der Waals surface area contributed by atoms with E-state index in [0.29, 0.717) is 35.0 Å². The number of fused-ring (bicyclic) bond motifs is 3. The van der Waals surface area contributed by atoms with Crippen molar-refractivity contribution in [3.63, 3.8) is 0 Å². The second-order valence-corrected chi connectivity index (χ2v) is 9.07. The van der Waals surface area contributed by atoms with E-state index in [1.54, 1.807) is 22.8 Å². The fourth-order valence-electron chi connectivity index (χ4n) is 4.16. The normalized spacial score (nSPS) is 11.3. The molecule has 35 heavy (non-hydrogen) atoms. The summed E-state index contributed by atoms with van der Waals surface area (Å²) in [6, 6.07) is 20.6. The fourth-order valence-corrected chi connectivity index (χ4v) is 4.29. The zero-order valence-corrected chi connectivity index (χ0v) is 20.2. The Morgan fingerprint density at radius 3 is 2.51 bits per heavy atom. The Balaban J connectivity index is 1.48. The number of carbonyl (C=O) groups excluding carboxylic acids is 1. The second kappa shape index (κ2) is 9.35. The third-order valence-electron chi connectivity index (χ3n) is 6.20. The number of hydrogen-bond donors (Lipinski definition) is 1. The highest BCUT2D eigenvalue weighted by Crippen LogP contribution is 2.18. The second-order valence-electron chi connectivity index (χ2n) is 8.63. The molecule has 0 aliphatic rings. The zero-order chi connectivity index (χ0) is 24.5. The number of amides is 1. The molecule has 176 valence electrons. The summed E-state index contributed by atoms with van der Waals surface area (Å²) in [4.78, 5) is 26.0. The van der Waals surface area contributed by atoms with Gasteiger partial charge in [-0.25, -0.2) is 0 Å². The maximum Gasteiger partial charge on any atom is 0.263 e. The van der Waals surface area contributed by atoms with E-state index in [-0.39, 0.29) is 17.9 Å². The van der Waals surface area contributed by atoms with Crippen molar-refractivity contribution in [1.29, 1.82) is 0 Å². The molecule has 8 heteroatoms. The first kappa shape index (κ1) is 22.8. The van der Waals surface area contributed by atoms with Crippen LogP contribution >= 0.6 is 11.6 Å². The Bertz CT molecular complexity index is 1620. The minimum atomic E-state index is -0.144. The average molecular weight is 486 g/mol. The molecule has 0 radical (unpaired) electrons. The fraction of sp³-hybridized carbons (Fsp3) is 0.185. The van der Waals surface area contributed by atoms with Gasteiger partial charge in [-0.15, -0.1) is 10.2 Å². The van der Waals surface area contributed by atoms with Crippen LogP contribution in [0.1, 0.15) is 28.9 Å². The van der Waals surface area contributed by atoms with Gasteiger partial charge in [0.15, 0.2) is 0 Å². The molecule has 0 atom stereocenters. The third kappa shape index (κ3) is 4.55. The molecule has 1 amide bonds. The summed E-state index contributed by atoms with van der Waals surface area (Å²) >= 11 is 6.02. The van der Waals surface area contributed by atoms with Crippen molar-refractivity contribution >= 4 is 39.9 Å². The number of nitrogens with zero attached hydrogens (tertiary/aromatic N) is 4. The monoisotopic (exact) mass is 485 g/mol. The largest absolute Gasteiger partial charge is 0.326 e. The minimum Gasteiger partial charge on any atom is -0.326 e. The lowest BCUT2D eigenvalue weighted by atomic mass is 10.1. The molecule has 5 aromatic rings. The molecule has 1 N–H and O–H groups in total. The van der Waals surface area contributed by atoms with Gasteiger partial charge in [-0.2, -0.15) is 0 Å². The lowest BCUT2D eigenvalue weighted by Gasteiger charge is -2.12. The highest BCUT2D eigenvalue weighted by Gasteiger charge is 2.17. The number of para-hydroxylation sites is 1. The molecular formula is C27H24ClN5O2. The molecule has 5 rings (SSSR count). The molecule has 0 fully saturated rings. The summed E-state index contributed by atoms with van der Waals surface area (Å²) in [7, 11) is 0. The van der Waals surface area contributed by atoms with Crippen LogP contribution in [-0.2, 0) is 17.8 Å². The van der Waals surface area contributed by atoms with Gasteiger partial charge in [0.2, 0.25) is 11.7 Å². The van der Waals surface area contributed by atoms with Crippen molar-refractivity contribution in [1.82, 2.24) is 19.2 Å². The van der Waals surface area contributed by atoms with Gasteiger partial charge in [-0.3, -0.25) is 18.6 Å². The number of benzene rings is 3. The Hall–Kier alpha value is -3.97. The van der Waals surface area contributed by atoms with Gasteiger partial charge in [0.05, 0.1) is 17.4 Å². The minimum absolute atomic E-state index is 0.108. The molecule has 7 nitrogen and oxygen atoms in total. The third-order valence-corrected chi connectivity index (χ3v) is 6.45. The lowest BCUT2D eigenvalue weighted by molar-refractivity contribution is -0.116. The van der Waals surface area contributed by atoms with E-state index in [1.807, 2.05) is 66.8 Å². The van der Waals surface area contributed by atoms with E-state index in [1.165, 1.54) is 5.56 Å². The predicted octanol–water partition coefficient (Wildman–Crippen LogP) is 4.93. The van der Waals surface area contributed by atoms with Crippen LogP contribution < -0.4 is 10.9 Å². The topological polar surface area (TPSA) is 81.3 Å². The van der Waals surface area contributed by atoms with Crippen LogP contribution in [0.2, 0.25) is 5.02 Å². The molecule has 0 saturated heterocycles. The maximum absolute atomic E-state index is 13.3. The first-order valence-corrected chi connectivity index (χ1v) is 11.8. The van der Waals surface area contributed by atoms with Gasteiger partial charge in [0, 0.05) is 23.6 Å². The predicted molar refractivity (Wildman–Crippen MR) is 138 cm³/mol. The number of hydrogen-bond acceptors (Lipinski definition) is 4. The molecule has 3 aromatic carbocycles. The van der Waals surface area contributed by atoms with Crippen LogP contribution in [0, 0.1) is 13.8 Å². The molecule has 2 aromatic heterocycles. The van der Waals surface area contributed by atoms with Crippen molar-refractivity contribution in [3.05, 3.63) is 105 Å². The maximum atomic E-state index is 13.3. The Kier molecular flexibility index (Phi) is 6.09. The smallest absolute Gasteiger partial charge is 0.263 e. The van der Waals surface area contributed by atoms with Crippen molar-refractivity contribution in [2.75, 3.05) is 5.32 Å². The van der Waals surface area contributed by atoms with Crippen LogP contribution in [0.3, 0.4) is 0 Å². The summed E-state index contributed by atoms with van der Waals surface area (Å²) in [5.41, 5.74) is 4.56. The number of carbonyl (C=O) groups is 1. The number of aromatic nitrogens is 4. The summed E-state index contributed by atoms with van der Waals surface area (Å²) in [5.74, 6) is 0.952. The van der Waals surface area contributed by atoms with Gasteiger partial charge >= 0.3 is 0 Å². The SMILES string of the molecule is Cc1ccc(NC(=O)CCc2nnc3n(Cc4ccc(Cl)cc4)c(=O)c4ccccc4n23)cc1C. The van der Waals surface area contributed by atoms with E-state index in [0.717, 1.165) is 22.3 Å². The van der Waals surface area contributed by atoms with Crippen molar-refractivity contribution < 1.29 is 4.79 Å². The van der Waals surface area contributed by atoms with E-state index in [2.05, 4.69) is 15.5 Å². The van der Waals surface area contributed by atoms with Crippen LogP contribution in [0.25, 0.3) is 16.7 Å². The van der Waals surface area contributed by atoms with Crippen LogP contribution in [0.5, 0.6) is 0 Å². The van der Waals surface area contributed by atoms with Crippen LogP contribution in [0.4, 0.5) is 5.69 Å². The van der Waals surface area contributed by atoms with Gasteiger partial charge < -0.3 is 5.32 Å². The first-order chi connectivity index (χ1) is 16.9. The van der Waals surface area contributed by atoms with Gasteiger partial charge in [0.25, 0.3) is 5.56 Å².